The monoisotopic (exact) mass is 654 g/mol. The van der Waals surface area contributed by atoms with Crippen molar-refractivity contribution in [2.45, 2.75) is 79.5 Å². The lowest BCUT2D eigenvalue weighted by atomic mass is 9.86. The molecule has 4 aromatic rings. The molecule has 0 aliphatic carbocycles. The third-order valence-corrected chi connectivity index (χ3v) is 6.47. The number of carbonyl (C=O) groups is 2. The first-order valence-corrected chi connectivity index (χ1v) is 16.7. The molecule has 0 aliphatic rings. The molecular formula is C38H52B2N2O6. The SMILES string of the molecule is CB(O)NC(Cc1ccccc1)C(=O)OCc1ccccc1.CB(O)NC(Cc1ccccc1)C(=O)OCc1ccccc1.CC.CC. The maximum absolute atomic E-state index is 12.3. The predicted molar refractivity (Wildman–Crippen MR) is 197 cm³/mol. The number of hydrogen-bond acceptors (Lipinski definition) is 8. The summed E-state index contributed by atoms with van der Waals surface area (Å²) >= 11 is 0. The zero-order valence-corrected chi connectivity index (χ0v) is 29.2. The smallest absolute Gasteiger partial charge is 0.374 e. The molecule has 4 aromatic carbocycles. The molecule has 4 rings (SSSR count). The Balaban J connectivity index is 0.000000435. The molecule has 0 aliphatic heterocycles. The average molecular weight is 654 g/mol. The maximum atomic E-state index is 12.3. The number of hydrogen-bond donors (Lipinski definition) is 4. The van der Waals surface area contributed by atoms with Crippen molar-refractivity contribution in [2.24, 2.45) is 0 Å². The van der Waals surface area contributed by atoms with E-state index in [1.54, 1.807) is 13.6 Å². The van der Waals surface area contributed by atoms with Crippen LogP contribution < -0.4 is 10.5 Å². The lowest BCUT2D eigenvalue weighted by molar-refractivity contribution is -0.147. The summed E-state index contributed by atoms with van der Waals surface area (Å²) in [5.41, 5.74) is 3.90. The predicted octanol–water partition coefficient (Wildman–Crippen LogP) is 6.13. The summed E-state index contributed by atoms with van der Waals surface area (Å²) in [6, 6.07) is 37.2. The fourth-order valence-corrected chi connectivity index (χ4v) is 4.36. The van der Waals surface area contributed by atoms with Crippen LogP contribution in [0.4, 0.5) is 0 Å². The summed E-state index contributed by atoms with van der Waals surface area (Å²) in [6.45, 7) is 11.6. The first-order chi connectivity index (χ1) is 23.3. The average Bonchev–Trinajstić information content (AvgIpc) is 3.12. The van der Waals surface area contributed by atoms with Crippen LogP contribution in [0.15, 0.2) is 121 Å². The van der Waals surface area contributed by atoms with Gasteiger partial charge in [-0.3, -0.25) is 9.59 Å². The summed E-state index contributed by atoms with van der Waals surface area (Å²) in [7, 11) is -1.56. The number of esters is 2. The van der Waals surface area contributed by atoms with Crippen LogP contribution >= 0.6 is 0 Å². The van der Waals surface area contributed by atoms with Crippen molar-refractivity contribution in [3.8, 4) is 0 Å². The van der Waals surface area contributed by atoms with Gasteiger partial charge in [-0.25, -0.2) is 0 Å². The summed E-state index contributed by atoms with van der Waals surface area (Å²) in [5.74, 6) is -0.734. The minimum Gasteiger partial charge on any atom is -0.460 e. The lowest BCUT2D eigenvalue weighted by Gasteiger charge is -2.18. The first-order valence-electron chi connectivity index (χ1n) is 16.7. The number of rotatable bonds is 14. The van der Waals surface area contributed by atoms with E-state index in [2.05, 4.69) is 10.5 Å². The molecule has 0 radical (unpaired) electrons. The highest BCUT2D eigenvalue weighted by Gasteiger charge is 2.24. The van der Waals surface area contributed by atoms with Crippen LogP contribution in [0.1, 0.15) is 49.9 Å². The van der Waals surface area contributed by atoms with E-state index in [9.17, 15) is 19.6 Å². The number of benzene rings is 4. The molecule has 48 heavy (non-hydrogen) atoms. The normalized spacial score (nSPS) is 11.0. The Kier molecular flexibility index (Phi) is 22.5. The van der Waals surface area contributed by atoms with Crippen LogP contribution in [0.5, 0.6) is 0 Å². The highest BCUT2D eigenvalue weighted by Crippen LogP contribution is 2.09. The molecule has 4 N–H and O–H groups in total. The van der Waals surface area contributed by atoms with Crippen molar-refractivity contribution in [3.05, 3.63) is 144 Å². The third kappa shape index (κ3) is 18.2. The second-order valence-electron chi connectivity index (χ2n) is 10.4. The number of ether oxygens (including phenoxy) is 2. The van der Waals surface area contributed by atoms with E-state index < -0.39 is 26.2 Å². The van der Waals surface area contributed by atoms with Crippen LogP contribution in [0.25, 0.3) is 0 Å². The summed E-state index contributed by atoms with van der Waals surface area (Å²) in [6.07, 6.45) is 0.943. The maximum Gasteiger partial charge on any atom is 0.374 e. The van der Waals surface area contributed by atoms with Gasteiger partial charge < -0.3 is 30.0 Å². The lowest BCUT2D eigenvalue weighted by Crippen LogP contribution is -2.46. The van der Waals surface area contributed by atoms with Crippen LogP contribution in [0.3, 0.4) is 0 Å². The van der Waals surface area contributed by atoms with Crippen LogP contribution in [0.2, 0.25) is 13.6 Å². The Morgan fingerprint density at radius 3 is 1.02 bits per heavy atom. The molecule has 256 valence electrons. The van der Waals surface area contributed by atoms with Crippen molar-refractivity contribution in [1.82, 2.24) is 10.5 Å². The largest absolute Gasteiger partial charge is 0.460 e. The van der Waals surface area contributed by atoms with Gasteiger partial charge >= 0.3 is 26.0 Å². The van der Waals surface area contributed by atoms with Gasteiger partial charge in [-0.05, 0) is 48.7 Å². The minimum absolute atomic E-state index is 0.229. The topological polar surface area (TPSA) is 117 Å². The van der Waals surface area contributed by atoms with E-state index >= 15 is 0 Å². The van der Waals surface area contributed by atoms with Gasteiger partial charge in [0.1, 0.15) is 25.3 Å². The van der Waals surface area contributed by atoms with E-state index in [0.29, 0.717) is 12.8 Å². The van der Waals surface area contributed by atoms with E-state index in [4.69, 9.17) is 9.47 Å². The third-order valence-electron chi connectivity index (χ3n) is 6.47. The molecule has 0 saturated heterocycles. The molecule has 0 aromatic heterocycles. The van der Waals surface area contributed by atoms with Crippen molar-refractivity contribution >= 4 is 26.0 Å². The standard InChI is InChI=1S/2C17H20BNO3.2C2H6/c2*1-18(21)19-16(12-14-8-4-2-5-9-14)17(20)22-13-15-10-6-3-7-11-15;2*1-2/h2*2-11,16,19,21H,12-13H2,1H3;2*1-2H3. The summed E-state index contributed by atoms with van der Waals surface area (Å²) < 4.78 is 10.7. The highest BCUT2D eigenvalue weighted by molar-refractivity contribution is 6.46. The molecule has 0 fully saturated rings. The molecule has 0 spiro atoms. The van der Waals surface area contributed by atoms with E-state index in [1.807, 2.05) is 149 Å². The Hall–Kier alpha value is -4.21. The van der Waals surface area contributed by atoms with Crippen LogP contribution in [-0.4, -0.2) is 48.2 Å². The zero-order chi connectivity index (χ0) is 35.6. The van der Waals surface area contributed by atoms with Gasteiger partial charge in [0.05, 0.1) is 0 Å². The van der Waals surface area contributed by atoms with Gasteiger partial charge in [-0.1, -0.05) is 149 Å². The van der Waals surface area contributed by atoms with Crippen molar-refractivity contribution in [2.75, 3.05) is 0 Å². The Labute approximate surface area is 288 Å². The minimum atomic E-state index is -0.780. The van der Waals surface area contributed by atoms with Gasteiger partial charge in [-0.15, -0.1) is 0 Å². The first kappa shape index (κ1) is 41.8. The highest BCUT2D eigenvalue weighted by atomic mass is 16.5. The molecule has 0 bridgehead atoms. The molecule has 0 amide bonds. The Morgan fingerprint density at radius 2 is 0.771 bits per heavy atom. The Morgan fingerprint density at radius 1 is 0.521 bits per heavy atom. The van der Waals surface area contributed by atoms with Crippen molar-refractivity contribution in [3.63, 3.8) is 0 Å². The molecule has 10 heteroatoms. The van der Waals surface area contributed by atoms with Gasteiger partial charge in [-0.2, -0.15) is 0 Å². The summed E-state index contributed by atoms with van der Waals surface area (Å²) in [4.78, 5) is 24.5. The van der Waals surface area contributed by atoms with Crippen LogP contribution in [-0.2, 0) is 45.1 Å². The van der Waals surface area contributed by atoms with Gasteiger partial charge in [0, 0.05) is 0 Å². The second kappa shape index (κ2) is 25.8. The zero-order valence-electron chi connectivity index (χ0n) is 29.2. The van der Waals surface area contributed by atoms with E-state index in [1.165, 1.54) is 0 Å². The molecule has 2 atom stereocenters. The molecular weight excluding hydrogens is 602 g/mol. The fourth-order valence-electron chi connectivity index (χ4n) is 4.36. The molecule has 0 heterocycles. The van der Waals surface area contributed by atoms with Gasteiger partial charge in [0.2, 0.25) is 0 Å². The number of carbonyl (C=O) groups excluding carboxylic acids is 2. The van der Waals surface area contributed by atoms with E-state index in [-0.39, 0.29) is 25.2 Å². The van der Waals surface area contributed by atoms with Gasteiger partial charge in [0.15, 0.2) is 0 Å². The fraction of sp³-hybridized carbons (Fsp3) is 0.316. The summed E-state index contributed by atoms with van der Waals surface area (Å²) in [5, 5.41) is 24.7. The van der Waals surface area contributed by atoms with Crippen molar-refractivity contribution < 1.29 is 29.1 Å². The number of nitrogens with one attached hydrogen (secondary N) is 2. The molecule has 8 nitrogen and oxygen atoms in total. The van der Waals surface area contributed by atoms with Crippen molar-refractivity contribution in [1.29, 1.82) is 0 Å². The quantitative estimate of drug-likeness (QED) is 0.0948. The molecule has 2 unspecified atom stereocenters. The Bertz CT molecular complexity index is 1260. The van der Waals surface area contributed by atoms with Crippen LogP contribution in [0, 0.1) is 0 Å². The molecule has 0 saturated carbocycles. The second-order valence-corrected chi connectivity index (χ2v) is 10.4. The van der Waals surface area contributed by atoms with Gasteiger partial charge in [0.25, 0.3) is 0 Å². The van der Waals surface area contributed by atoms with E-state index in [0.717, 1.165) is 22.3 Å².